The fraction of sp³-hybridized carbons (Fsp3) is 0.548. The van der Waals surface area contributed by atoms with Crippen LogP contribution in [0.4, 0.5) is 0 Å². The molecule has 35 heavy (non-hydrogen) atoms. The second kappa shape index (κ2) is 12.4. The van der Waals surface area contributed by atoms with Crippen LogP contribution in [0, 0.1) is 6.92 Å². The van der Waals surface area contributed by atoms with Crippen LogP contribution in [0.3, 0.4) is 0 Å². The monoisotopic (exact) mass is 493 g/mol. The van der Waals surface area contributed by atoms with E-state index < -0.39 is 0 Å². The van der Waals surface area contributed by atoms with Gasteiger partial charge in [-0.25, -0.2) is 0 Å². The molecule has 3 aromatic rings. The van der Waals surface area contributed by atoms with Gasteiger partial charge < -0.3 is 15.6 Å². The average molecular weight is 494 g/mol. The van der Waals surface area contributed by atoms with E-state index in [1.54, 1.807) is 5.56 Å². The highest BCUT2D eigenvalue weighted by Gasteiger charge is 2.24. The molecule has 0 amide bonds. The maximum Gasteiger partial charge on any atom is 0.0485 e. The first-order valence-electron chi connectivity index (χ1n) is 13.8. The number of hydrogen-bond acceptors (Lipinski definition) is 2. The van der Waals surface area contributed by atoms with Crippen LogP contribution in [0.1, 0.15) is 92.9 Å². The molecule has 2 aromatic carbocycles. The third-order valence-corrected chi connectivity index (χ3v) is 8.44. The predicted molar refractivity (Wildman–Crippen MR) is 152 cm³/mol. The van der Waals surface area contributed by atoms with Crippen molar-refractivity contribution in [2.45, 2.75) is 102 Å². The van der Waals surface area contributed by atoms with Crippen LogP contribution in [0.25, 0.3) is 10.9 Å². The standard InChI is InChI=1S/C31H43N3.ClH/c1-23-8-7-9-24(20-23)21-25(18-19-33-27-16-14-26(32)15-17-27)30-22-34(28-10-3-2-4-11-28)31-13-6-5-12-29(30)31;/h5-9,12-13,20,22,25-28,33H,2-4,10-11,14-19,21,32H2,1H3;1H. The lowest BCUT2D eigenvalue weighted by Gasteiger charge is -2.28. The van der Waals surface area contributed by atoms with Crippen LogP contribution in [0.2, 0.25) is 0 Å². The zero-order valence-corrected chi connectivity index (χ0v) is 22.2. The fourth-order valence-corrected chi connectivity index (χ4v) is 6.49. The van der Waals surface area contributed by atoms with Gasteiger partial charge in [0, 0.05) is 35.2 Å². The molecule has 1 atom stereocenters. The number of fused-ring (bicyclic) bond motifs is 1. The van der Waals surface area contributed by atoms with Crippen LogP contribution in [0.15, 0.2) is 54.7 Å². The second-order valence-electron chi connectivity index (χ2n) is 11.0. The summed E-state index contributed by atoms with van der Waals surface area (Å²) in [6.45, 7) is 3.29. The van der Waals surface area contributed by atoms with Crippen molar-refractivity contribution in [2.24, 2.45) is 5.73 Å². The number of rotatable bonds is 8. The molecule has 1 heterocycles. The largest absolute Gasteiger partial charge is 0.344 e. The van der Waals surface area contributed by atoms with Gasteiger partial charge in [-0.3, -0.25) is 0 Å². The number of nitrogens with two attached hydrogens (primary N) is 1. The number of nitrogens with zero attached hydrogens (tertiary/aromatic N) is 1. The van der Waals surface area contributed by atoms with Crippen molar-refractivity contribution in [1.29, 1.82) is 0 Å². The van der Waals surface area contributed by atoms with Gasteiger partial charge in [0.05, 0.1) is 0 Å². The van der Waals surface area contributed by atoms with Gasteiger partial charge in [-0.2, -0.15) is 0 Å². The third kappa shape index (κ3) is 6.50. The summed E-state index contributed by atoms with van der Waals surface area (Å²) >= 11 is 0. The van der Waals surface area contributed by atoms with Crippen LogP contribution in [-0.2, 0) is 6.42 Å². The third-order valence-electron chi connectivity index (χ3n) is 8.44. The highest BCUT2D eigenvalue weighted by molar-refractivity contribution is 5.85. The molecule has 3 nitrogen and oxygen atoms in total. The van der Waals surface area contributed by atoms with Crippen molar-refractivity contribution in [3.8, 4) is 0 Å². The van der Waals surface area contributed by atoms with Gasteiger partial charge in [-0.05, 0) is 87.9 Å². The molecule has 3 N–H and O–H groups in total. The van der Waals surface area contributed by atoms with Crippen LogP contribution < -0.4 is 11.1 Å². The number of hydrogen-bond donors (Lipinski definition) is 2. The molecule has 0 bridgehead atoms. The maximum atomic E-state index is 6.13. The average Bonchev–Trinajstić information content (AvgIpc) is 3.25. The number of nitrogens with one attached hydrogen (secondary N) is 1. The summed E-state index contributed by atoms with van der Waals surface area (Å²) in [6, 6.07) is 20.0. The van der Waals surface area contributed by atoms with Gasteiger partial charge in [0.25, 0.3) is 0 Å². The lowest BCUT2D eigenvalue weighted by molar-refractivity contribution is 0.338. The van der Waals surface area contributed by atoms with Crippen molar-refractivity contribution in [3.05, 3.63) is 71.4 Å². The predicted octanol–water partition coefficient (Wildman–Crippen LogP) is 7.45. The second-order valence-corrected chi connectivity index (χ2v) is 11.0. The van der Waals surface area contributed by atoms with Crippen molar-refractivity contribution >= 4 is 23.3 Å². The number of aromatic nitrogens is 1. The molecule has 1 unspecified atom stereocenters. The van der Waals surface area contributed by atoms with Gasteiger partial charge >= 0.3 is 0 Å². The molecule has 4 heteroatoms. The molecular weight excluding hydrogens is 450 g/mol. The Hall–Kier alpha value is -1.81. The molecule has 0 radical (unpaired) electrons. The van der Waals surface area contributed by atoms with Gasteiger partial charge in [0.15, 0.2) is 0 Å². The van der Waals surface area contributed by atoms with Crippen LogP contribution in [0.5, 0.6) is 0 Å². The van der Waals surface area contributed by atoms with Crippen molar-refractivity contribution in [3.63, 3.8) is 0 Å². The van der Waals surface area contributed by atoms with E-state index >= 15 is 0 Å². The lowest BCUT2D eigenvalue weighted by Crippen LogP contribution is -2.38. The summed E-state index contributed by atoms with van der Waals surface area (Å²) in [5.74, 6) is 0.523. The van der Waals surface area contributed by atoms with E-state index in [1.807, 2.05) is 0 Å². The topological polar surface area (TPSA) is 43.0 Å². The molecular formula is C31H44ClN3. The normalized spacial score (nSPS) is 22.1. The summed E-state index contributed by atoms with van der Waals surface area (Å²) in [5.41, 5.74) is 11.9. The minimum absolute atomic E-state index is 0. The SMILES string of the molecule is Cc1cccc(CC(CCNC2CCC(N)CC2)c2cn(C3CCCCC3)c3ccccc23)c1.Cl. The molecule has 2 fully saturated rings. The zero-order valence-electron chi connectivity index (χ0n) is 21.4. The molecule has 2 saturated carbocycles. The molecule has 2 aliphatic rings. The minimum atomic E-state index is 0. The summed E-state index contributed by atoms with van der Waals surface area (Å²) in [7, 11) is 0. The molecule has 190 valence electrons. The van der Waals surface area contributed by atoms with E-state index in [9.17, 15) is 0 Å². The van der Waals surface area contributed by atoms with Crippen LogP contribution >= 0.6 is 12.4 Å². The summed E-state index contributed by atoms with van der Waals surface area (Å²) in [5, 5.41) is 5.36. The van der Waals surface area contributed by atoms with Crippen molar-refractivity contribution in [1.82, 2.24) is 9.88 Å². The quantitative estimate of drug-likeness (QED) is 0.342. The number of halogens is 1. The van der Waals surface area contributed by atoms with E-state index in [0.29, 0.717) is 24.0 Å². The van der Waals surface area contributed by atoms with E-state index in [-0.39, 0.29) is 12.4 Å². The minimum Gasteiger partial charge on any atom is -0.344 e. The van der Waals surface area contributed by atoms with Gasteiger partial charge in [-0.1, -0.05) is 67.3 Å². The molecule has 1 aromatic heterocycles. The van der Waals surface area contributed by atoms with E-state index in [4.69, 9.17) is 5.73 Å². The zero-order chi connectivity index (χ0) is 23.3. The Kier molecular flexibility index (Phi) is 9.33. The Morgan fingerprint density at radius 2 is 1.71 bits per heavy atom. The summed E-state index contributed by atoms with van der Waals surface area (Å²) in [4.78, 5) is 0. The van der Waals surface area contributed by atoms with Crippen molar-refractivity contribution < 1.29 is 0 Å². The molecule has 0 aliphatic heterocycles. The Morgan fingerprint density at radius 3 is 2.49 bits per heavy atom. The number of aryl methyl sites for hydroxylation is 1. The smallest absolute Gasteiger partial charge is 0.0485 e. The number of benzene rings is 2. The first-order chi connectivity index (χ1) is 16.7. The highest BCUT2D eigenvalue weighted by atomic mass is 35.5. The molecule has 0 saturated heterocycles. The maximum absolute atomic E-state index is 6.13. The van der Waals surface area contributed by atoms with Gasteiger partial charge in [0.2, 0.25) is 0 Å². The molecule has 2 aliphatic carbocycles. The first-order valence-corrected chi connectivity index (χ1v) is 13.8. The van der Waals surface area contributed by atoms with Crippen LogP contribution in [-0.4, -0.2) is 23.2 Å². The summed E-state index contributed by atoms with van der Waals surface area (Å²) in [6.07, 6.45) is 16.4. The Labute approximate surface area is 218 Å². The molecule has 0 spiro atoms. The highest BCUT2D eigenvalue weighted by Crippen LogP contribution is 2.37. The summed E-state index contributed by atoms with van der Waals surface area (Å²) < 4.78 is 2.64. The Bertz CT molecular complexity index is 1060. The Morgan fingerprint density at radius 1 is 0.943 bits per heavy atom. The fourth-order valence-electron chi connectivity index (χ4n) is 6.49. The van der Waals surface area contributed by atoms with E-state index in [1.165, 1.54) is 86.2 Å². The lowest BCUT2D eigenvalue weighted by atomic mass is 9.88. The number of para-hydroxylation sites is 1. The van der Waals surface area contributed by atoms with Gasteiger partial charge in [-0.15, -0.1) is 12.4 Å². The van der Waals surface area contributed by atoms with E-state index in [0.717, 1.165) is 13.0 Å². The van der Waals surface area contributed by atoms with E-state index in [2.05, 4.69) is 71.5 Å². The van der Waals surface area contributed by atoms with Crippen molar-refractivity contribution in [2.75, 3.05) is 6.54 Å². The van der Waals surface area contributed by atoms with Gasteiger partial charge in [0.1, 0.15) is 0 Å². The molecule has 5 rings (SSSR count). The first kappa shape index (κ1) is 26.3. The Balaban J connectivity index is 0.00000289.